The molecule has 2 fully saturated rings. The lowest BCUT2D eigenvalue weighted by Gasteiger charge is -2.24. The van der Waals surface area contributed by atoms with Crippen molar-refractivity contribution in [3.8, 4) is 0 Å². The van der Waals surface area contributed by atoms with Gasteiger partial charge in [0.15, 0.2) is 5.96 Å². The van der Waals surface area contributed by atoms with Gasteiger partial charge < -0.3 is 15.0 Å². The Morgan fingerprint density at radius 2 is 2.38 bits per heavy atom. The summed E-state index contributed by atoms with van der Waals surface area (Å²) in [5.74, 6) is 1.08. The summed E-state index contributed by atoms with van der Waals surface area (Å²) in [5.41, 5.74) is 1.51. The lowest BCUT2D eigenvalue weighted by Crippen LogP contribution is -2.41. The smallest absolute Gasteiger partial charge is 0.193 e. The fourth-order valence-corrected chi connectivity index (χ4v) is 4.26. The van der Waals surface area contributed by atoms with Crippen molar-refractivity contribution in [3.63, 3.8) is 0 Å². The van der Waals surface area contributed by atoms with E-state index in [1.165, 1.54) is 17.8 Å². The van der Waals surface area contributed by atoms with Gasteiger partial charge in [-0.05, 0) is 33.1 Å². The number of likely N-dealkylation sites (tertiary alicyclic amines) is 1. The van der Waals surface area contributed by atoms with E-state index in [1.807, 2.05) is 0 Å². The van der Waals surface area contributed by atoms with Crippen LogP contribution in [0.4, 0.5) is 0 Å². The van der Waals surface area contributed by atoms with E-state index in [4.69, 9.17) is 9.73 Å². The highest BCUT2D eigenvalue weighted by Gasteiger charge is 2.42. The first-order valence-electron chi connectivity index (χ1n) is 8.73. The van der Waals surface area contributed by atoms with Gasteiger partial charge in [0.25, 0.3) is 0 Å². The second kappa shape index (κ2) is 9.33. The minimum Gasteiger partial charge on any atom is -0.381 e. The fraction of sp³-hybridized carbons (Fsp3) is 0.765. The first-order valence-corrected chi connectivity index (χ1v) is 9.61. The Hall–Kier alpha value is -0.410. The van der Waals surface area contributed by atoms with Crippen molar-refractivity contribution in [2.75, 3.05) is 39.4 Å². The number of aryl methyl sites for hydroxylation is 2. The summed E-state index contributed by atoms with van der Waals surface area (Å²) in [6.07, 6.45) is 4.52. The zero-order chi connectivity index (χ0) is 16.1. The van der Waals surface area contributed by atoms with Crippen LogP contribution < -0.4 is 5.32 Å². The van der Waals surface area contributed by atoms with Gasteiger partial charge in [0.05, 0.1) is 11.6 Å². The maximum atomic E-state index is 5.63. The maximum absolute atomic E-state index is 5.63. The van der Waals surface area contributed by atoms with Crippen molar-refractivity contribution in [2.24, 2.45) is 10.4 Å². The third-order valence-electron chi connectivity index (χ3n) is 4.73. The summed E-state index contributed by atoms with van der Waals surface area (Å²) in [7, 11) is 0. The first kappa shape index (κ1) is 19.9. The molecule has 1 aromatic rings. The highest BCUT2D eigenvalue weighted by atomic mass is 127. The average Bonchev–Trinajstić information content (AvgIpc) is 3.26. The van der Waals surface area contributed by atoms with Crippen LogP contribution in [0.25, 0.3) is 0 Å². The molecule has 24 heavy (non-hydrogen) atoms. The molecule has 0 radical (unpaired) electrons. The molecule has 1 N–H and O–H groups in total. The molecule has 1 unspecified atom stereocenters. The molecule has 2 aliphatic heterocycles. The molecule has 136 valence electrons. The third-order valence-corrected chi connectivity index (χ3v) is 5.76. The van der Waals surface area contributed by atoms with E-state index in [0.29, 0.717) is 5.41 Å². The number of hydrogen-bond donors (Lipinski definition) is 1. The molecule has 0 saturated carbocycles. The molecule has 3 heterocycles. The molecule has 3 rings (SSSR count). The largest absolute Gasteiger partial charge is 0.381 e. The molecule has 1 atom stereocenters. The molecule has 5 nitrogen and oxygen atoms in total. The summed E-state index contributed by atoms with van der Waals surface area (Å²) < 4.78 is 5.63. The molecular formula is C17H29IN4OS. The van der Waals surface area contributed by atoms with E-state index in [-0.39, 0.29) is 24.0 Å². The van der Waals surface area contributed by atoms with Crippen molar-refractivity contribution in [1.82, 2.24) is 15.2 Å². The van der Waals surface area contributed by atoms with Crippen LogP contribution in [-0.2, 0) is 11.2 Å². The van der Waals surface area contributed by atoms with Crippen LogP contribution in [0, 0.1) is 12.3 Å². The van der Waals surface area contributed by atoms with Gasteiger partial charge in [-0.2, -0.15) is 0 Å². The molecule has 1 aromatic heterocycles. The summed E-state index contributed by atoms with van der Waals surface area (Å²) in [4.78, 5) is 11.8. The van der Waals surface area contributed by atoms with E-state index in [0.717, 1.165) is 63.9 Å². The average molecular weight is 464 g/mol. The Labute approximate surface area is 166 Å². The van der Waals surface area contributed by atoms with Crippen LogP contribution >= 0.6 is 35.3 Å². The number of nitrogens with one attached hydrogen (secondary N) is 1. The van der Waals surface area contributed by atoms with Gasteiger partial charge in [-0.1, -0.05) is 0 Å². The van der Waals surface area contributed by atoms with Crippen LogP contribution in [0.3, 0.4) is 0 Å². The van der Waals surface area contributed by atoms with Crippen LogP contribution in [0.5, 0.6) is 0 Å². The fourth-order valence-electron chi connectivity index (χ4n) is 3.45. The predicted molar refractivity (Wildman–Crippen MR) is 111 cm³/mol. The number of thiazole rings is 1. The summed E-state index contributed by atoms with van der Waals surface area (Å²) >= 11 is 1.76. The molecule has 0 aromatic carbocycles. The molecule has 0 amide bonds. The molecule has 1 spiro atoms. The minimum absolute atomic E-state index is 0. The van der Waals surface area contributed by atoms with Crippen LogP contribution in [0.1, 0.15) is 36.9 Å². The molecule has 2 aliphatic rings. The first-order chi connectivity index (χ1) is 11.2. The van der Waals surface area contributed by atoms with Crippen molar-refractivity contribution in [2.45, 2.75) is 39.5 Å². The summed E-state index contributed by atoms with van der Waals surface area (Å²) in [6, 6.07) is 0. The Balaban J connectivity index is 0.00000208. The second-order valence-electron chi connectivity index (χ2n) is 6.70. The SMILES string of the molecule is CCNC(=NCCCc1nc(C)cs1)N1CCC2(CCOC2)C1.I. The molecule has 0 aliphatic carbocycles. The van der Waals surface area contributed by atoms with Gasteiger partial charge in [-0.25, -0.2) is 4.98 Å². The zero-order valence-electron chi connectivity index (χ0n) is 14.7. The number of ether oxygens (including phenoxy) is 1. The van der Waals surface area contributed by atoms with E-state index < -0.39 is 0 Å². The van der Waals surface area contributed by atoms with Crippen molar-refractivity contribution in [3.05, 3.63) is 16.1 Å². The number of rotatable bonds is 5. The lowest BCUT2D eigenvalue weighted by molar-refractivity contribution is 0.156. The van der Waals surface area contributed by atoms with E-state index in [9.17, 15) is 0 Å². The topological polar surface area (TPSA) is 49.8 Å². The van der Waals surface area contributed by atoms with Crippen LogP contribution in [0.15, 0.2) is 10.4 Å². The second-order valence-corrected chi connectivity index (χ2v) is 7.64. The quantitative estimate of drug-likeness (QED) is 0.315. The number of halogens is 1. The van der Waals surface area contributed by atoms with Gasteiger partial charge >= 0.3 is 0 Å². The van der Waals surface area contributed by atoms with Crippen molar-refractivity contribution < 1.29 is 4.74 Å². The molecule has 2 saturated heterocycles. The number of guanidine groups is 1. The number of aromatic nitrogens is 1. The van der Waals surface area contributed by atoms with Gasteiger partial charge in [0, 0.05) is 55.7 Å². The van der Waals surface area contributed by atoms with Crippen LogP contribution in [-0.4, -0.2) is 55.2 Å². The monoisotopic (exact) mass is 464 g/mol. The summed E-state index contributed by atoms with van der Waals surface area (Å²) in [6.45, 7) is 10.0. The van der Waals surface area contributed by atoms with Crippen molar-refractivity contribution >= 4 is 41.3 Å². The van der Waals surface area contributed by atoms with E-state index >= 15 is 0 Å². The zero-order valence-corrected chi connectivity index (χ0v) is 17.9. The van der Waals surface area contributed by atoms with E-state index in [1.54, 1.807) is 11.3 Å². The molecule has 7 heteroatoms. The highest BCUT2D eigenvalue weighted by Crippen LogP contribution is 2.38. The van der Waals surface area contributed by atoms with Crippen molar-refractivity contribution in [1.29, 1.82) is 0 Å². The number of nitrogens with zero attached hydrogens (tertiary/aromatic N) is 3. The minimum atomic E-state index is 0. The standard InChI is InChI=1S/C17H28N4OS.HI/c1-3-18-16(19-8-4-5-15-20-14(2)11-23-15)21-9-6-17(12-21)7-10-22-13-17;/h11H,3-10,12-13H2,1-2H3,(H,18,19);1H. The van der Waals surface area contributed by atoms with Gasteiger partial charge in [-0.15, -0.1) is 35.3 Å². The molecular weight excluding hydrogens is 435 g/mol. The predicted octanol–water partition coefficient (Wildman–Crippen LogP) is 3.08. The number of aliphatic imine (C=N–C) groups is 1. The summed E-state index contributed by atoms with van der Waals surface area (Å²) in [5, 5.41) is 6.80. The molecule has 0 bridgehead atoms. The Kier molecular flexibility index (Phi) is 7.74. The van der Waals surface area contributed by atoms with E-state index in [2.05, 4.69) is 34.4 Å². The Morgan fingerprint density at radius 1 is 1.50 bits per heavy atom. The lowest BCUT2D eigenvalue weighted by atomic mass is 9.87. The Bertz CT molecular complexity index is 542. The van der Waals surface area contributed by atoms with Gasteiger partial charge in [0.2, 0.25) is 0 Å². The number of hydrogen-bond acceptors (Lipinski definition) is 4. The van der Waals surface area contributed by atoms with Gasteiger partial charge in [0.1, 0.15) is 0 Å². The van der Waals surface area contributed by atoms with Crippen LogP contribution in [0.2, 0.25) is 0 Å². The highest BCUT2D eigenvalue weighted by molar-refractivity contribution is 14.0. The normalized spacial score (nSPS) is 23.8. The third kappa shape index (κ3) is 5.05. The van der Waals surface area contributed by atoms with Gasteiger partial charge in [-0.3, -0.25) is 4.99 Å². The Morgan fingerprint density at radius 3 is 3.04 bits per heavy atom. The maximum Gasteiger partial charge on any atom is 0.193 e.